The van der Waals surface area contributed by atoms with Crippen LogP contribution in [0.2, 0.25) is 0 Å². The number of rotatable bonds is 5. The summed E-state index contributed by atoms with van der Waals surface area (Å²) in [5.41, 5.74) is 0.894. The van der Waals surface area contributed by atoms with Crippen LogP contribution in [0, 0.1) is 0 Å². The van der Waals surface area contributed by atoms with Gasteiger partial charge in [-0.3, -0.25) is 14.9 Å². The van der Waals surface area contributed by atoms with Gasteiger partial charge in [0.2, 0.25) is 0 Å². The lowest BCUT2D eigenvalue weighted by atomic mass is 10.1. The number of nitrogens with zero attached hydrogens (tertiary/aromatic N) is 1. The van der Waals surface area contributed by atoms with Crippen molar-refractivity contribution in [3.05, 3.63) is 30.2 Å². The Kier molecular flexibility index (Phi) is 5.74. The molecular weight excluding hydrogens is 326 g/mol. The van der Waals surface area contributed by atoms with E-state index in [1.807, 2.05) is 18.2 Å². The van der Waals surface area contributed by atoms with Crippen LogP contribution in [-0.2, 0) is 20.7 Å². The van der Waals surface area contributed by atoms with Crippen LogP contribution in [0.3, 0.4) is 0 Å². The van der Waals surface area contributed by atoms with E-state index in [1.54, 1.807) is 26.8 Å². The molecule has 0 radical (unpaired) electrons. The number of imide groups is 1. The highest BCUT2D eigenvalue weighted by Gasteiger charge is 2.17. The lowest BCUT2D eigenvalue weighted by molar-refractivity contribution is -0.148. The summed E-state index contributed by atoms with van der Waals surface area (Å²) in [5, 5.41) is 4.65. The van der Waals surface area contributed by atoms with Crippen molar-refractivity contribution in [3.63, 3.8) is 0 Å². The Labute approximate surface area is 144 Å². The predicted molar refractivity (Wildman–Crippen MR) is 89.7 cm³/mol. The largest absolute Gasteiger partial charge is 0.456 e. The number of carbonyl (C=O) groups is 3. The normalized spacial score (nSPS) is 11.2. The highest BCUT2D eigenvalue weighted by molar-refractivity contribution is 5.95. The molecule has 0 fully saturated rings. The zero-order valence-corrected chi connectivity index (χ0v) is 14.4. The third-order valence-corrected chi connectivity index (χ3v) is 2.99. The van der Waals surface area contributed by atoms with Crippen molar-refractivity contribution in [2.24, 2.45) is 0 Å². The van der Waals surface area contributed by atoms with E-state index in [4.69, 9.17) is 9.15 Å². The molecule has 0 unspecified atom stereocenters. The molecule has 0 aliphatic heterocycles. The third kappa shape index (κ3) is 6.25. The first-order valence-electron chi connectivity index (χ1n) is 7.85. The maximum Gasteiger partial charge on any atom is 0.321 e. The van der Waals surface area contributed by atoms with Crippen LogP contribution < -0.4 is 10.6 Å². The van der Waals surface area contributed by atoms with Crippen LogP contribution in [0.25, 0.3) is 11.1 Å². The summed E-state index contributed by atoms with van der Waals surface area (Å²) in [7, 11) is 0. The zero-order chi connectivity index (χ0) is 18.4. The maximum atomic E-state index is 11.7. The van der Waals surface area contributed by atoms with Gasteiger partial charge in [0, 0.05) is 12.0 Å². The number of oxazole rings is 1. The minimum absolute atomic E-state index is 0.0221. The van der Waals surface area contributed by atoms with Crippen LogP contribution in [0.4, 0.5) is 4.79 Å². The molecule has 1 aromatic carbocycles. The van der Waals surface area contributed by atoms with Crippen LogP contribution in [0.15, 0.2) is 28.7 Å². The maximum absolute atomic E-state index is 11.7. The van der Waals surface area contributed by atoms with E-state index < -0.39 is 30.1 Å². The average molecular weight is 347 g/mol. The molecule has 2 aromatic rings. The molecule has 0 bridgehead atoms. The molecule has 25 heavy (non-hydrogen) atoms. The number of benzene rings is 1. The number of para-hydroxylation sites is 2. The summed E-state index contributed by atoms with van der Waals surface area (Å²) in [6, 6.07) is 6.64. The highest BCUT2D eigenvalue weighted by atomic mass is 16.5. The number of nitrogens with one attached hydrogen (secondary N) is 2. The standard InChI is InChI=1S/C17H21N3O5/c1-17(2,3)20-16(23)19-13(21)10-24-15(22)9-8-14-18-11-6-4-5-7-12(11)25-14/h4-7H,8-10H2,1-3H3,(H2,19,20,21,23). The van der Waals surface area contributed by atoms with Gasteiger partial charge in [-0.05, 0) is 32.9 Å². The van der Waals surface area contributed by atoms with E-state index in [-0.39, 0.29) is 12.8 Å². The Hall–Kier alpha value is -2.90. The Morgan fingerprint density at radius 2 is 1.92 bits per heavy atom. The number of aromatic nitrogens is 1. The molecule has 134 valence electrons. The molecule has 1 heterocycles. The van der Waals surface area contributed by atoms with E-state index >= 15 is 0 Å². The summed E-state index contributed by atoms with van der Waals surface area (Å²) in [5.74, 6) is -0.849. The molecule has 0 spiro atoms. The molecule has 1 aromatic heterocycles. The van der Waals surface area contributed by atoms with Crippen molar-refractivity contribution in [3.8, 4) is 0 Å². The molecule has 0 saturated heterocycles. The van der Waals surface area contributed by atoms with Gasteiger partial charge in [-0.2, -0.15) is 0 Å². The van der Waals surface area contributed by atoms with Gasteiger partial charge in [0.1, 0.15) is 5.52 Å². The van der Waals surface area contributed by atoms with E-state index in [1.165, 1.54) is 0 Å². The molecular formula is C17H21N3O5. The van der Waals surface area contributed by atoms with Gasteiger partial charge >= 0.3 is 12.0 Å². The SMILES string of the molecule is CC(C)(C)NC(=O)NC(=O)COC(=O)CCc1nc2ccccc2o1. The van der Waals surface area contributed by atoms with Crippen molar-refractivity contribution in [1.29, 1.82) is 0 Å². The number of urea groups is 1. The summed E-state index contributed by atoms with van der Waals surface area (Å²) in [6.45, 7) is 4.82. The average Bonchev–Trinajstić information content (AvgIpc) is 2.91. The van der Waals surface area contributed by atoms with Crippen LogP contribution >= 0.6 is 0 Å². The summed E-state index contributed by atoms with van der Waals surface area (Å²) in [6.07, 6.45) is 0.286. The van der Waals surface area contributed by atoms with Gasteiger partial charge in [0.05, 0.1) is 6.42 Å². The summed E-state index contributed by atoms with van der Waals surface area (Å²) >= 11 is 0. The fourth-order valence-electron chi connectivity index (χ4n) is 1.99. The second-order valence-electron chi connectivity index (χ2n) is 6.49. The molecule has 0 aliphatic rings. The van der Waals surface area contributed by atoms with Crippen molar-refractivity contribution in [2.45, 2.75) is 39.2 Å². The molecule has 8 heteroatoms. The first-order chi connectivity index (χ1) is 11.7. The minimum atomic E-state index is -0.697. The Morgan fingerprint density at radius 1 is 1.20 bits per heavy atom. The van der Waals surface area contributed by atoms with Crippen molar-refractivity contribution >= 4 is 29.0 Å². The second-order valence-corrected chi connectivity index (χ2v) is 6.49. The van der Waals surface area contributed by atoms with Gasteiger partial charge in [-0.1, -0.05) is 12.1 Å². The van der Waals surface area contributed by atoms with Gasteiger partial charge in [0.25, 0.3) is 5.91 Å². The fourth-order valence-corrected chi connectivity index (χ4v) is 1.99. The summed E-state index contributed by atoms with van der Waals surface area (Å²) in [4.78, 5) is 39.0. The van der Waals surface area contributed by atoms with Crippen LogP contribution in [0.5, 0.6) is 0 Å². The van der Waals surface area contributed by atoms with E-state index in [0.717, 1.165) is 5.52 Å². The minimum Gasteiger partial charge on any atom is -0.456 e. The van der Waals surface area contributed by atoms with Crippen LogP contribution in [0.1, 0.15) is 33.1 Å². The Morgan fingerprint density at radius 3 is 2.60 bits per heavy atom. The zero-order valence-electron chi connectivity index (χ0n) is 14.4. The number of carbonyl (C=O) groups excluding carboxylic acids is 3. The van der Waals surface area contributed by atoms with Gasteiger partial charge in [-0.25, -0.2) is 9.78 Å². The van der Waals surface area contributed by atoms with E-state index in [9.17, 15) is 14.4 Å². The van der Waals surface area contributed by atoms with Crippen molar-refractivity contribution in [2.75, 3.05) is 6.61 Å². The van der Waals surface area contributed by atoms with Crippen LogP contribution in [-0.4, -0.2) is 35.0 Å². The van der Waals surface area contributed by atoms with E-state index in [2.05, 4.69) is 15.6 Å². The van der Waals surface area contributed by atoms with Gasteiger partial charge in [-0.15, -0.1) is 0 Å². The number of fused-ring (bicyclic) bond motifs is 1. The number of hydrogen-bond acceptors (Lipinski definition) is 6. The molecule has 2 N–H and O–H groups in total. The molecule has 0 saturated carbocycles. The first-order valence-corrected chi connectivity index (χ1v) is 7.85. The smallest absolute Gasteiger partial charge is 0.321 e. The number of amides is 3. The van der Waals surface area contributed by atoms with Crippen molar-refractivity contribution < 1.29 is 23.5 Å². The lowest BCUT2D eigenvalue weighted by Gasteiger charge is -2.20. The molecule has 0 atom stereocenters. The third-order valence-electron chi connectivity index (χ3n) is 2.99. The van der Waals surface area contributed by atoms with Gasteiger partial charge in [0.15, 0.2) is 18.1 Å². The molecule has 2 rings (SSSR count). The van der Waals surface area contributed by atoms with Gasteiger partial charge < -0.3 is 14.5 Å². The topological polar surface area (TPSA) is 111 Å². The first kappa shape index (κ1) is 18.4. The monoisotopic (exact) mass is 347 g/mol. The number of hydrogen-bond donors (Lipinski definition) is 2. The number of ether oxygens (including phenoxy) is 1. The number of aryl methyl sites for hydroxylation is 1. The Balaban J connectivity index is 1.71. The Bertz CT molecular complexity index is 743. The molecule has 8 nitrogen and oxygen atoms in total. The second kappa shape index (κ2) is 7.78. The molecule has 3 amide bonds. The fraction of sp³-hybridized carbons (Fsp3) is 0.412. The summed E-state index contributed by atoms with van der Waals surface area (Å²) < 4.78 is 10.3. The predicted octanol–water partition coefficient (Wildman–Crippen LogP) is 1.93. The van der Waals surface area contributed by atoms with Crippen molar-refractivity contribution in [1.82, 2.24) is 15.6 Å². The number of esters is 1. The quantitative estimate of drug-likeness (QED) is 0.800. The van der Waals surface area contributed by atoms with E-state index in [0.29, 0.717) is 11.5 Å². The highest BCUT2D eigenvalue weighted by Crippen LogP contribution is 2.15. The lowest BCUT2D eigenvalue weighted by Crippen LogP contribution is -2.49. The molecule has 0 aliphatic carbocycles.